The predicted octanol–water partition coefficient (Wildman–Crippen LogP) is 1.16. The molecule has 5 nitrogen and oxygen atoms in total. The second kappa shape index (κ2) is 7.07. The van der Waals surface area contributed by atoms with E-state index in [2.05, 4.69) is 4.72 Å². The van der Waals surface area contributed by atoms with Gasteiger partial charge in [-0.25, -0.2) is 21.9 Å². The van der Waals surface area contributed by atoms with Crippen molar-refractivity contribution in [3.8, 4) is 0 Å². The van der Waals surface area contributed by atoms with E-state index < -0.39 is 38.7 Å². The Kier molecular flexibility index (Phi) is 6.00. The SMILES string of the molecule is CC(C)OCCNS(=O)(=O)c1ccc(F)c(CO)c1F. The first-order valence-electron chi connectivity index (χ1n) is 5.98. The molecule has 2 N–H and O–H groups in total. The zero-order valence-corrected chi connectivity index (χ0v) is 12.0. The molecule has 0 bridgehead atoms. The quantitative estimate of drug-likeness (QED) is 0.741. The molecule has 0 aromatic heterocycles. The summed E-state index contributed by atoms with van der Waals surface area (Å²) in [5, 5.41) is 8.85. The first kappa shape index (κ1) is 17.0. The highest BCUT2D eigenvalue weighted by Gasteiger charge is 2.22. The van der Waals surface area contributed by atoms with Gasteiger partial charge in [0.05, 0.1) is 24.9 Å². The summed E-state index contributed by atoms with van der Waals surface area (Å²) in [7, 11) is -4.12. The lowest BCUT2D eigenvalue weighted by Crippen LogP contribution is -2.29. The molecule has 0 unspecified atom stereocenters. The Balaban J connectivity index is 2.88. The van der Waals surface area contributed by atoms with Crippen LogP contribution in [0.2, 0.25) is 0 Å². The van der Waals surface area contributed by atoms with Crippen molar-refractivity contribution in [2.24, 2.45) is 0 Å². The number of aliphatic hydroxyl groups is 1. The normalized spacial score (nSPS) is 12.1. The highest BCUT2D eigenvalue weighted by atomic mass is 32.2. The molecule has 0 atom stereocenters. The van der Waals surface area contributed by atoms with Crippen molar-refractivity contribution >= 4 is 10.0 Å². The first-order valence-corrected chi connectivity index (χ1v) is 7.47. The highest BCUT2D eigenvalue weighted by molar-refractivity contribution is 7.89. The van der Waals surface area contributed by atoms with Crippen LogP contribution in [-0.2, 0) is 21.4 Å². The van der Waals surface area contributed by atoms with Crippen LogP contribution in [-0.4, -0.2) is 32.8 Å². The molecule has 0 saturated heterocycles. The van der Waals surface area contributed by atoms with Crippen LogP contribution in [0.3, 0.4) is 0 Å². The fourth-order valence-electron chi connectivity index (χ4n) is 1.48. The maximum Gasteiger partial charge on any atom is 0.243 e. The van der Waals surface area contributed by atoms with Gasteiger partial charge in [0.15, 0.2) is 5.82 Å². The molecule has 1 aromatic rings. The first-order chi connectivity index (χ1) is 9.29. The minimum atomic E-state index is -4.12. The minimum Gasteiger partial charge on any atom is -0.391 e. The molecule has 0 spiro atoms. The van der Waals surface area contributed by atoms with Crippen molar-refractivity contribution in [3.05, 3.63) is 29.3 Å². The van der Waals surface area contributed by atoms with Crippen LogP contribution < -0.4 is 4.72 Å². The Hall–Kier alpha value is -1.09. The zero-order valence-electron chi connectivity index (χ0n) is 11.2. The molecule has 0 saturated carbocycles. The number of aliphatic hydroxyl groups excluding tert-OH is 1. The van der Waals surface area contributed by atoms with E-state index in [1.807, 2.05) is 0 Å². The molecular formula is C12H17F2NO4S. The Labute approximate surface area is 116 Å². The minimum absolute atomic E-state index is 0.0359. The lowest BCUT2D eigenvalue weighted by Gasteiger charge is -2.11. The third kappa shape index (κ3) is 4.20. The molecule has 0 aliphatic rings. The fraction of sp³-hybridized carbons (Fsp3) is 0.500. The Bertz CT molecular complexity index is 561. The molecule has 0 fully saturated rings. The average Bonchev–Trinajstić information content (AvgIpc) is 2.34. The van der Waals surface area contributed by atoms with Gasteiger partial charge in [-0.1, -0.05) is 0 Å². The molecule has 0 radical (unpaired) electrons. The van der Waals surface area contributed by atoms with E-state index >= 15 is 0 Å². The number of hydrogen-bond donors (Lipinski definition) is 2. The van der Waals surface area contributed by atoms with Gasteiger partial charge in [-0.05, 0) is 26.0 Å². The van der Waals surface area contributed by atoms with Crippen LogP contribution in [0.5, 0.6) is 0 Å². The van der Waals surface area contributed by atoms with Gasteiger partial charge in [0, 0.05) is 6.54 Å². The van der Waals surface area contributed by atoms with Gasteiger partial charge in [-0.3, -0.25) is 0 Å². The number of ether oxygens (including phenoxy) is 1. The van der Waals surface area contributed by atoms with E-state index in [9.17, 15) is 17.2 Å². The van der Waals surface area contributed by atoms with E-state index in [4.69, 9.17) is 9.84 Å². The van der Waals surface area contributed by atoms with E-state index in [-0.39, 0.29) is 19.3 Å². The molecular weight excluding hydrogens is 292 g/mol. The number of nitrogens with one attached hydrogen (secondary N) is 1. The number of sulfonamides is 1. The number of benzene rings is 1. The molecule has 8 heteroatoms. The largest absolute Gasteiger partial charge is 0.391 e. The molecule has 114 valence electrons. The topological polar surface area (TPSA) is 75.6 Å². The van der Waals surface area contributed by atoms with Crippen LogP contribution in [0, 0.1) is 11.6 Å². The Morgan fingerprint density at radius 3 is 2.55 bits per heavy atom. The number of hydrogen-bond acceptors (Lipinski definition) is 4. The van der Waals surface area contributed by atoms with Gasteiger partial charge in [0.25, 0.3) is 0 Å². The Morgan fingerprint density at radius 1 is 1.35 bits per heavy atom. The van der Waals surface area contributed by atoms with E-state index in [1.54, 1.807) is 13.8 Å². The molecule has 0 amide bonds. The zero-order chi connectivity index (χ0) is 15.3. The van der Waals surface area contributed by atoms with Gasteiger partial charge in [0.2, 0.25) is 10.0 Å². The molecule has 20 heavy (non-hydrogen) atoms. The lowest BCUT2D eigenvalue weighted by atomic mass is 10.2. The average molecular weight is 309 g/mol. The van der Waals surface area contributed by atoms with Crippen molar-refractivity contribution in [3.63, 3.8) is 0 Å². The second-order valence-corrected chi connectivity index (χ2v) is 6.05. The van der Waals surface area contributed by atoms with Crippen molar-refractivity contribution in [2.45, 2.75) is 31.5 Å². The summed E-state index contributed by atoms with van der Waals surface area (Å²) < 4.78 is 58.0. The maximum absolute atomic E-state index is 13.8. The lowest BCUT2D eigenvalue weighted by molar-refractivity contribution is 0.0833. The van der Waals surface area contributed by atoms with Gasteiger partial charge >= 0.3 is 0 Å². The summed E-state index contributed by atoms with van der Waals surface area (Å²) in [5.41, 5.74) is -0.675. The Morgan fingerprint density at radius 2 is 2.00 bits per heavy atom. The summed E-state index contributed by atoms with van der Waals surface area (Å²) in [6.07, 6.45) is -0.0527. The summed E-state index contributed by atoms with van der Waals surface area (Å²) in [5.74, 6) is -2.28. The van der Waals surface area contributed by atoms with E-state index in [1.165, 1.54) is 0 Å². The molecule has 0 aliphatic heterocycles. The second-order valence-electron chi connectivity index (χ2n) is 4.31. The van der Waals surface area contributed by atoms with Crippen molar-refractivity contribution in [2.75, 3.05) is 13.2 Å². The highest BCUT2D eigenvalue weighted by Crippen LogP contribution is 2.20. The van der Waals surface area contributed by atoms with Gasteiger partial charge in [-0.2, -0.15) is 0 Å². The van der Waals surface area contributed by atoms with Crippen molar-refractivity contribution < 1.29 is 27.0 Å². The number of rotatable bonds is 7. The summed E-state index contributed by atoms with van der Waals surface area (Å²) in [6, 6.07) is 1.61. The smallest absolute Gasteiger partial charge is 0.243 e. The van der Waals surface area contributed by atoms with Crippen LogP contribution in [0.15, 0.2) is 17.0 Å². The van der Waals surface area contributed by atoms with Gasteiger partial charge in [0.1, 0.15) is 10.7 Å². The fourth-order valence-corrected chi connectivity index (χ4v) is 2.59. The molecule has 1 aromatic carbocycles. The summed E-state index contributed by atoms with van der Waals surface area (Å²) in [4.78, 5) is -0.701. The van der Waals surface area contributed by atoms with Crippen molar-refractivity contribution in [1.82, 2.24) is 4.72 Å². The van der Waals surface area contributed by atoms with Crippen LogP contribution in [0.25, 0.3) is 0 Å². The monoisotopic (exact) mass is 309 g/mol. The molecule has 0 heterocycles. The van der Waals surface area contributed by atoms with E-state index in [0.29, 0.717) is 0 Å². The third-order valence-corrected chi connectivity index (χ3v) is 3.92. The third-order valence-electron chi connectivity index (χ3n) is 2.44. The van der Waals surface area contributed by atoms with Crippen LogP contribution in [0.4, 0.5) is 8.78 Å². The molecule has 0 aliphatic carbocycles. The van der Waals surface area contributed by atoms with Crippen molar-refractivity contribution in [1.29, 1.82) is 0 Å². The van der Waals surface area contributed by atoms with Crippen LogP contribution >= 0.6 is 0 Å². The predicted molar refractivity (Wildman–Crippen MR) is 68.6 cm³/mol. The molecule has 1 rings (SSSR count). The summed E-state index contributed by atoms with van der Waals surface area (Å²) >= 11 is 0. The standard InChI is InChI=1S/C12H17F2NO4S/c1-8(2)19-6-5-15-20(17,18)11-4-3-10(13)9(7-16)12(11)14/h3-4,8,15-16H,5-7H2,1-2H3. The maximum atomic E-state index is 13.8. The van der Waals surface area contributed by atoms with Gasteiger partial charge < -0.3 is 9.84 Å². The summed E-state index contributed by atoms with van der Waals surface area (Å²) in [6.45, 7) is 2.76. The van der Waals surface area contributed by atoms with Gasteiger partial charge in [-0.15, -0.1) is 0 Å². The van der Waals surface area contributed by atoms with E-state index in [0.717, 1.165) is 12.1 Å². The number of halogens is 2. The van der Waals surface area contributed by atoms with Crippen LogP contribution in [0.1, 0.15) is 19.4 Å².